The number of anilines is 1. The van der Waals surface area contributed by atoms with Gasteiger partial charge in [-0.1, -0.05) is 29.5 Å². The zero-order valence-electron chi connectivity index (χ0n) is 12.3. The second kappa shape index (κ2) is 5.92. The van der Waals surface area contributed by atoms with Crippen LogP contribution in [0.2, 0.25) is 0 Å². The molecule has 1 unspecified atom stereocenters. The number of aryl methyl sites for hydroxylation is 1. The van der Waals surface area contributed by atoms with E-state index in [0.29, 0.717) is 21.3 Å². The summed E-state index contributed by atoms with van der Waals surface area (Å²) in [6.45, 7) is 1.84. The van der Waals surface area contributed by atoms with Crippen LogP contribution in [0.4, 0.5) is 5.13 Å². The fraction of sp³-hybridized carbons (Fsp3) is 0.250. The zero-order valence-corrected chi connectivity index (χ0v) is 13.1. The van der Waals surface area contributed by atoms with Crippen molar-refractivity contribution in [3.8, 4) is 0 Å². The first-order valence-corrected chi connectivity index (χ1v) is 7.90. The van der Waals surface area contributed by atoms with Gasteiger partial charge in [-0.2, -0.15) is 0 Å². The lowest BCUT2D eigenvalue weighted by Crippen LogP contribution is -2.25. The van der Waals surface area contributed by atoms with Crippen LogP contribution in [0.1, 0.15) is 37.7 Å². The van der Waals surface area contributed by atoms with Crippen LogP contribution in [0.3, 0.4) is 0 Å². The first kappa shape index (κ1) is 15.4. The number of carbonyl (C=O) groups excluding carboxylic acids is 2. The Balaban J connectivity index is 1.83. The van der Waals surface area contributed by atoms with Gasteiger partial charge in [0.25, 0.3) is 5.91 Å². The highest BCUT2D eigenvalue weighted by Gasteiger charge is 2.33. The maximum atomic E-state index is 12.3. The topological polar surface area (TPSA) is 96.4 Å². The summed E-state index contributed by atoms with van der Waals surface area (Å²) in [5.41, 5.74) is 1.84. The van der Waals surface area contributed by atoms with Gasteiger partial charge in [0.05, 0.1) is 16.5 Å². The summed E-state index contributed by atoms with van der Waals surface area (Å²) in [6, 6.07) is 7.17. The third kappa shape index (κ3) is 3.00. The number of carboxylic acids is 1. The number of nitrogens with one attached hydrogen (secondary N) is 1. The van der Waals surface area contributed by atoms with E-state index in [-0.39, 0.29) is 24.5 Å². The third-order valence-corrected chi connectivity index (χ3v) is 4.84. The standard InChI is InChI=1S/C16H14N2O4S/c1-8-4-2-3-5-10(8)14(20)18-16-17-11-6-9(15(21)22)7-12(19)13(11)23-16/h2-5,9H,6-7H2,1H3,(H,21,22)(H,17,18,20). The van der Waals surface area contributed by atoms with Crippen LogP contribution >= 0.6 is 11.3 Å². The number of ketones is 1. The summed E-state index contributed by atoms with van der Waals surface area (Å²) in [7, 11) is 0. The fourth-order valence-electron chi connectivity index (χ4n) is 2.55. The Morgan fingerprint density at radius 3 is 2.74 bits per heavy atom. The van der Waals surface area contributed by atoms with Crippen LogP contribution in [-0.4, -0.2) is 27.8 Å². The minimum absolute atomic E-state index is 0.0181. The average Bonchev–Trinajstić information content (AvgIpc) is 2.90. The quantitative estimate of drug-likeness (QED) is 0.901. The van der Waals surface area contributed by atoms with E-state index in [9.17, 15) is 14.4 Å². The number of rotatable bonds is 3. The van der Waals surface area contributed by atoms with Gasteiger partial charge in [-0.25, -0.2) is 4.98 Å². The lowest BCUT2D eigenvalue weighted by molar-refractivity contribution is -0.141. The number of amides is 1. The fourth-order valence-corrected chi connectivity index (χ4v) is 3.49. The second-order valence-corrected chi connectivity index (χ2v) is 6.43. The van der Waals surface area contributed by atoms with Gasteiger partial charge < -0.3 is 5.11 Å². The lowest BCUT2D eigenvalue weighted by atomic mass is 9.90. The summed E-state index contributed by atoms with van der Waals surface area (Å²) in [6.07, 6.45) is 0.197. The molecule has 1 heterocycles. The molecule has 6 nitrogen and oxygen atoms in total. The molecule has 1 aliphatic rings. The molecule has 2 N–H and O–H groups in total. The predicted octanol–water partition coefficient (Wildman–Crippen LogP) is 2.53. The molecule has 7 heteroatoms. The molecule has 2 aromatic rings. The average molecular weight is 330 g/mol. The number of aliphatic carboxylic acids is 1. The van der Waals surface area contributed by atoms with Crippen LogP contribution in [0.15, 0.2) is 24.3 Å². The lowest BCUT2D eigenvalue weighted by Gasteiger charge is -2.15. The molecule has 1 aromatic heterocycles. The van der Waals surface area contributed by atoms with Crippen molar-refractivity contribution in [1.29, 1.82) is 0 Å². The molecular weight excluding hydrogens is 316 g/mol. The minimum Gasteiger partial charge on any atom is -0.481 e. The molecular formula is C16H14N2O4S. The maximum Gasteiger partial charge on any atom is 0.307 e. The second-order valence-electron chi connectivity index (χ2n) is 5.43. The molecule has 3 rings (SSSR count). The highest BCUT2D eigenvalue weighted by atomic mass is 32.1. The normalized spacial score (nSPS) is 16.7. The van der Waals surface area contributed by atoms with Gasteiger partial charge in [0.2, 0.25) is 0 Å². The van der Waals surface area contributed by atoms with Crippen molar-refractivity contribution in [3.63, 3.8) is 0 Å². The van der Waals surface area contributed by atoms with Crippen LogP contribution in [-0.2, 0) is 11.2 Å². The van der Waals surface area contributed by atoms with E-state index >= 15 is 0 Å². The number of thiazole rings is 1. The molecule has 0 saturated carbocycles. The van der Waals surface area contributed by atoms with Crippen molar-refractivity contribution in [3.05, 3.63) is 46.0 Å². The Hall–Kier alpha value is -2.54. The molecule has 23 heavy (non-hydrogen) atoms. The molecule has 118 valence electrons. The van der Waals surface area contributed by atoms with E-state index < -0.39 is 11.9 Å². The molecule has 0 spiro atoms. The van der Waals surface area contributed by atoms with Gasteiger partial charge in [0.15, 0.2) is 10.9 Å². The van der Waals surface area contributed by atoms with Gasteiger partial charge >= 0.3 is 5.97 Å². The number of fused-ring (bicyclic) bond motifs is 1. The SMILES string of the molecule is Cc1ccccc1C(=O)Nc1nc2c(s1)C(=O)CC(C(=O)O)C2. The summed E-state index contributed by atoms with van der Waals surface area (Å²) in [4.78, 5) is 40.0. The van der Waals surface area contributed by atoms with Gasteiger partial charge in [0.1, 0.15) is 0 Å². The van der Waals surface area contributed by atoms with Crippen molar-refractivity contribution in [2.24, 2.45) is 5.92 Å². The molecule has 0 radical (unpaired) electrons. The van der Waals surface area contributed by atoms with Crippen LogP contribution in [0, 0.1) is 12.8 Å². The molecule has 0 aliphatic heterocycles. The van der Waals surface area contributed by atoms with E-state index in [4.69, 9.17) is 5.11 Å². The Bertz CT molecular complexity index is 812. The smallest absolute Gasteiger partial charge is 0.307 e. The molecule has 0 saturated heterocycles. The van der Waals surface area contributed by atoms with Gasteiger partial charge in [-0.3, -0.25) is 19.7 Å². The predicted molar refractivity (Wildman–Crippen MR) is 85.0 cm³/mol. The van der Waals surface area contributed by atoms with E-state index in [1.165, 1.54) is 0 Å². The van der Waals surface area contributed by atoms with E-state index in [2.05, 4.69) is 10.3 Å². The number of hydrogen-bond acceptors (Lipinski definition) is 5. The van der Waals surface area contributed by atoms with Gasteiger partial charge in [0, 0.05) is 18.4 Å². The van der Waals surface area contributed by atoms with Crippen molar-refractivity contribution >= 4 is 34.1 Å². The van der Waals surface area contributed by atoms with Crippen LogP contribution in [0.5, 0.6) is 0 Å². The van der Waals surface area contributed by atoms with Crippen molar-refractivity contribution in [1.82, 2.24) is 4.98 Å². The number of carboxylic acid groups (broad SMARTS) is 1. The molecule has 1 aliphatic carbocycles. The van der Waals surface area contributed by atoms with E-state index in [1.54, 1.807) is 12.1 Å². The first-order chi connectivity index (χ1) is 11.0. The molecule has 0 fully saturated rings. The largest absolute Gasteiger partial charge is 0.481 e. The Morgan fingerprint density at radius 2 is 2.04 bits per heavy atom. The van der Waals surface area contributed by atoms with E-state index in [0.717, 1.165) is 16.9 Å². The van der Waals surface area contributed by atoms with Crippen molar-refractivity contribution in [2.45, 2.75) is 19.8 Å². The van der Waals surface area contributed by atoms with Crippen LogP contribution < -0.4 is 5.32 Å². The summed E-state index contributed by atoms with van der Waals surface area (Å²) in [5, 5.41) is 12.1. The number of aromatic nitrogens is 1. The highest BCUT2D eigenvalue weighted by Crippen LogP contribution is 2.32. The van der Waals surface area contributed by atoms with Crippen LogP contribution in [0.25, 0.3) is 0 Å². The first-order valence-electron chi connectivity index (χ1n) is 7.08. The maximum absolute atomic E-state index is 12.3. The number of carbonyl (C=O) groups is 3. The van der Waals surface area contributed by atoms with E-state index in [1.807, 2.05) is 19.1 Å². The Morgan fingerprint density at radius 1 is 1.30 bits per heavy atom. The molecule has 1 amide bonds. The Kier molecular flexibility index (Phi) is 3.96. The summed E-state index contributed by atoms with van der Waals surface area (Å²) in [5.74, 6) is -2.26. The number of benzene rings is 1. The number of nitrogens with zero attached hydrogens (tertiary/aromatic N) is 1. The summed E-state index contributed by atoms with van der Waals surface area (Å²) >= 11 is 1.10. The highest BCUT2D eigenvalue weighted by molar-refractivity contribution is 7.17. The molecule has 1 aromatic carbocycles. The molecule has 1 atom stereocenters. The zero-order chi connectivity index (χ0) is 16.6. The summed E-state index contributed by atoms with van der Waals surface area (Å²) < 4.78 is 0. The van der Waals surface area contributed by atoms with Gasteiger partial charge in [-0.05, 0) is 18.6 Å². The molecule has 0 bridgehead atoms. The minimum atomic E-state index is -0.998. The van der Waals surface area contributed by atoms with Gasteiger partial charge in [-0.15, -0.1) is 0 Å². The van der Waals surface area contributed by atoms with Crippen molar-refractivity contribution < 1.29 is 19.5 Å². The number of Topliss-reactive ketones (excluding diaryl/α,β-unsaturated/α-hetero) is 1. The number of hydrogen-bond donors (Lipinski definition) is 2. The third-order valence-electron chi connectivity index (χ3n) is 3.78. The Labute approximate surface area is 136 Å². The monoisotopic (exact) mass is 330 g/mol. The van der Waals surface area contributed by atoms with Crippen molar-refractivity contribution in [2.75, 3.05) is 5.32 Å².